The SMILES string of the molecule is Cc1ccc(C2(C(=O)N3C[C@@H](CN4CCN(C)CC4)[C@@H](CO)C3)CC2)cc1. The summed E-state index contributed by atoms with van der Waals surface area (Å²) in [5.74, 6) is 0.879. The lowest BCUT2D eigenvalue weighted by molar-refractivity contribution is -0.133. The molecule has 1 aromatic carbocycles. The molecule has 0 spiro atoms. The maximum Gasteiger partial charge on any atom is 0.233 e. The highest BCUT2D eigenvalue weighted by atomic mass is 16.3. The van der Waals surface area contributed by atoms with Crippen molar-refractivity contribution in [3.05, 3.63) is 35.4 Å². The first-order chi connectivity index (χ1) is 13.0. The number of amides is 1. The van der Waals surface area contributed by atoms with E-state index in [-0.39, 0.29) is 23.8 Å². The molecule has 1 aromatic rings. The molecule has 1 aliphatic carbocycles. The molecule has 0 radical (unpaired) electrons. The Hall–Kier alpha value is -1.43. The maximum atomic E-state index is 13.4. The molecule has 3 aliphatic rings. The van der Waals surface area contributed by atoms with Crippen LogP contribution in [0.3, 0.4) is 0 Å². The van der Waals surface area contributed by atoms with Crippen LogP contribution in [0.4, 0.5) is 0 Å². The van der Waals surface area contributed by atoms with Gasteiger partial charge in [-0.25, -0.2) is 0 Å². The van der Waals surface area contributed by atoms with E-state index in [0.717, 1.165) is 52.1 Å². The molecular formula is C22H33N3O2. The van der Waals surface area contributed by atoms with E-state index in [1.165, 1.54) is 11.1 Å². The summed E-state index contributed by atoms with van der Waals surface area (Å²) in [6.45, 7) is 9.16. The van der Waals surface area contributed by atoms with Crippen LogP contribution in [0.5, 0.6) is 0 Å². The summed E-state index contributed by atoms with van der Waals surface area (Å²) in [7, 11) is 2.17. The van der Waals surface area contributed by atoms with Crippen molar-refractivity contribution in [3.63, 3.8) is 0 Å². The molecule has 2 saturated heterocycles. The molecule has 3 fully saturated rings. The second-order valence-electron chi connectivity index (χ2n) is 8.96. The molecular weight excluding hydrogens is 338 g/mol. The lowest BCUT2D eigenvalue weighted by Crippen LogP contribution is -2.47. The van der Waals surface area contributed by atoms with E-state index in [4.69, 9.17) is 0 Å². The number of piperazine rings is 1. The fourth-order valence-corrected chi connectivity index (χ4v) is 4.81. The first kappa shape index (κ1) is 18.9. The average Bonchev–Trinajstić information content (AvgIpc) is 3.38. The number of hydrogen-bond donors (Lipinski definition) is 1. The highest BCUT2D eigenvalue weighted by Crippen LogP contribution is 2.50. The Morgan fingerprint density at radius 1 is 1.07 bits per heavy atom. The first-order valence-electron chi connectivity index (χ1n) is 10.4. The molecule has 4 rings (SSSR count). The van der Waals surface area contributed by atoms with Crippen LogP contribution in [0.25, 0.3) is 0 Å². The van der Waals surface area contributed by atoms with Crippen LogP contribution < -0.4 is 0 Å². The molecule has 2 aliphatic heterocycles. The van der Waals surface area contributed by atoms with E-state index in [1.807, 2.05) is 0 Å². The smallest absolute Gasteiger partial charge is 0.233 e. The number of rotatable bonds is 5. The molecule has 0 unspecified atom stereocenters. The molecule has 148 valence electrons. The van der Waals surface area contributed by atoms with Gasteiger partial charge in [-0.3, -0.25) is 4.79 Å². The summed E-state index contributed by atoms with van der Waals surface area (Å²) < 4.78 is 0. The van der Waals surface area contributed by atoms with Gasteiger partial charge >= 0.3 is 0 Å². The van der Waals surface area contributed by atoms with Gasteiger partial charge in [0.25, 0.3) is 0 Å². The lowest BCUT2D eigenvalue weighted by Gasteiger charge is -2.34. The summed E-state index contributed by atoms with van der Waals surface area (Å²) >= 11 is 0. The van der Waals surface area contributed by atoms with E-state index < -0.39 is 0 Å². The number of aliphatic hydroxyl groups is 1. The minimum absolute atomic E-state index is 0.180. The van der Waals surface area contributed by atoms with Crippen LogP contribution in [0.1, 0.15) is 24.0 Å². The van der Waals surface area contributed by atoms with Gasteiger partial charge in [0.05, 0.1) is 5.41 Å². The van der Waals surface area contributed by atoms with E-state index >= 15 is 0 Å². The van der Waals surface area contributed by atoms with E-state index in [1.54, 1.807) is 0 Å². The van der Waals surface area contributed by atoms with Gasteiger partial charge in [-0.15, -0.1) is 0 Å². The van der Waals surface area contributed by atoms with Crippen molar-refractivity contribution in [1.82, 2.24) is 14.7 Å². The molecule has 1 amide bonds. The van der Waals surface area contributed by atoms with E-state index in [0.29, 0.717) is 12.5 Å². The third-order valence-corrected chi connectivity index (χ3v) is 6.95. The van der Waals surface area contributed by atoms with Crippen LogP contribution in [-0.2, 0) is 10.2 Å². The molecule has 27 heavy (non-hydrogen) atoms. The highest BCUT2D eigenvalue weighted by molar-refractivity contribution is 5.91. The Morgan fingerprint density at radius 3 is 2.30 bits per heavy atom. The molecule has 1 N–H and O–H groups in total. The number of carbonyl (C=O) groups excluding carboxylic acids is 1. The molecule has 2 atom stereocenters. The third kappa shape index (κ3) is 3.78. The van der Waals surface area contributed by atoms with Crippen LogP contribution in [0.2, 0.25) is 0 Å². The van der Waals surface area contributed by atoms with E-state index in [9.17, 15) is 9.90 Å². The number of aryl methyl sites for hydroxylation is 1. The summed E-state index contributed by atoms with van der Waals surface area (Å²) in [4.78, 5) is 20.3. The second kappa shape index (κ2) is 7.53. The van der Waals surface area contributed by atoms with Gasteiger partial charge in [0.1, 0.15) is 0 Å². The van der Waals surface area contributed by atoms with Crippen LogP contribution in [-0.4, -0.2) is 85.2 Å². The Labute approximate surface area is 162 Å². The number of benzene rings is 1. The predicted molar refractivity (Wildman–Crippen MR) is 107 cm³/mol. The van der Waals surface area contributed by atoms with Crippen molar-refractivity contribution in [2.24, 2.45) is 11.8 Å². The zero-order valence-corrected chi connectivity index (χ0v) is 16.7. The van der Waals surface area contributed by atoms with Gasteiger partial charge in [-0.05, 0) is 38.3 Å². The Kier molecular flexibility index (Phi) is 5.28. The normalized spacial score (nSPS) is 28.5. The van der Waals surface area contributed by atoms with Gasteiger partial charge in [-0.2, -0.15) is 0 Å². The minimum atomic E-state index is -0.295. The Morgan fingerprint density at radius 2 is 1.70 bits per heavy atom. The average molecular weight is 372 g/mol. The minimum Gasteiger partial charge on any atom is -0.396 e. The highest BCUT2D eigenvalue weighted by Gasteiger charge is 2.54. The molecule has 5 nitrogen and oxygen atoms in total. The topological polar surface area (TPSA) is 47.0 Å². The molecule has 5 heteroatoms. The third-order valence-electron chi connectivity index (χ3n) is 6.95. The number of likely N-dealkylation sites (tertiary alicyclic amines) is 1. The number of aliphatic hydroxyl groups excluding tert-OH is 1. The van der Waals surface area contributed by atoms with Gasteiger partial charge in [-0.1, -0.05) is 29.8 Å². The van der Waals surface area contributed by atoms with Crippen molar-refractivity contribution in [2.75, 3.05) is 59.5 Å². The van der Waals surface area contributed by atoms with Crippen molar-refractivity contribution < 1.29 is 9.90 Å². The monoisotopic (exact) mass is 371 g/mol. The largest absolute Gasteiger partial charge is 0.396 e. The fourth-order valence-electron chi connectivity index (χ4n) is 4.81. The first-order valence-corrected chi connectivity index (χ1v) is 10.4. The Balaban J connectivity index is 1.42. The number of carbonyl (C=O) groups is 1. The number of likely N-dealkylation sites (N-methyl/N-ethyl adjacent to an activating group) is 1. The van der Waals surface area contributed by atoms with Crippen LogP contribution in [0.15, 0.2) is 24.3 Å². The predicted octanol–water partition coefficient (Wildman–Crippen LogP) is 1.34. The van der Waals surface area contributed by atoms with Crippen molar-refractivity contribution in [1.29, 1.82) is 0 Å². The zero-order valence-electron chi connectivity index (χ0n) is 16.7. The van der Waals surface area contributed by atoms with Crippen LogP contribution >= 0.6 is 0 Å². The van der Waals surface area contributed by atoms with Gasteiger partial charge in [0, 0.05) is 58.3 Å². The quantitative estimate of drug-likeness (QED) is 0.849. The van der Waals surface area contributed by atoms with Gasteiger partial charge in [0.2, 0.25) is 5.91 Å². The number of nitrogens with zero attached hydrogens (tertiary/aromatic N) is 3. The molecule has 2 heterocycles. The summed E-state index contributed by atoms with van der Waals surface area (Å²) in [5.41, 5.74) is 2.10. The van der Waals surface area contributed by atoms with Crippen molar-refractivity contribution >= 4 is 5.91 Å². The lowest BCUT2D eigenvalue weighted by atomic mass is 9.93. The maximum absolute atomic E-state index is 13.4. The summed E-state index contributed by atoms with van der Waals surface area (Å²) in [6, 6.07) is 8.47. The molecule has 1 saturated carbocycles. The summed E-state index contributed by atoms with van der Waals surface area (Å²) in [6.07, 6.45) is 1.91. The standard InChI is InChI=1S/C22H33N3O2/c1-17-3-5-20(6-4-17)22(7-8-22)21(27)25-14-18(19(15-25)16-26)13-24-11-9-23(2)10-12-24/h3-6,18-19,26H,7-16H2,1-2H3/t18-,19-/m1/s1. The second-order valence-corrected chi connectivity index (χ2v) is 8.96. The number of hydrogen-bond acceptors (Lipinski definition) is 4. The van der Waals surface area contributed by atoms with E-state index in [2.05, 4.69) is 52.9 Å². The van der Waals surface area contributed by atoms with Gasteiger partial charge < -0.3 is 19.8 Å². The Bertz CT molecular complexity index is 663. The zero-order chi connectivity index (χ0) is 19.0. The fraction of sp³-hybridized carbons (Fsp3) is 0.682. The molecule has 0 bridgehead atoms. The van der Waals surface area contributed by atoms with Crippen molar-refractivity contribution in [2.45, 2.75) is 25.2 Å². The van der Waals surface area contributed by atoms with Crippen LogP contribution in [0, 0.1) is 18.8 Å². The molecule has 0 aromatic heterocycles. The summed E-state index contributed by atoms with van der Waals surface area (Å²) in [5, 5.41) is 9.91. The van der Waals surface area contributed by atoms with Gasteiger partial charge in [0.15, 0.2) is 0 Å². The van der Waals surface area contributed by atoms with Crippen molar-refractivity contribution in [3.8, 4) is 0 Å².